The second-order valence-corrected chi connectivity index (χ2v) is 7.80. The molecule has 0 spiro atoms. The average Bonchev–Trinajstić information content (AvgIpc) is 1.59. The predicted octanol–water partition coefficient (Wildman–Crippen LogP) is 1.22. The van der Waals surface area contributed by atoms with Crippen LogP contribution in [0.15, 0.2) is 5.11 Å². The maximum Gasteiger partial charge on any atom is 0.274 e. The summed E-state index contributed by atoms with van der Waals surface area (Å²) in [5.74, 6) is 1.97. The van der Waals surface area contributed by atoms with Gasteiger partial charge in [-0.3, -0.25) is 0 Å². The van der Waals surface area contributed by atoms with Crippen molar-refractivity contribution in [3.63, 3.8) is 0 Å². The molecule has 0 atom stereocenters. The highest BCUT2D eigenvalue weighted by molar-refractivity contribution is 6.98. The summed E-state index contributed by atoms with van der Waals surface area (Å²) in [7, 11) is 0.628. The van der Waals surface area contributed by atoms with Gasteiger partial charge >= 0.3 is 0 Å². The second kappa shape index (κ2) is 2.80. The molecule has 0 aliphatic carbocycles. The van der Waals surface area contributed by atoms with Gasteiger partial charge < -0.3 is 0 Å². The van der Waals surface area contributed by atoms with Gasteiger partial charge in [0.15, 0.2) is 8.07 Å². The Morgan fingerprint density at radius 2 is 1.88 bits per heavy atom. The molecule has 0 rings (SSSR count). The zero-order valence-corrected chi connectivity index (χ0v) is 6.97. The topological polar surface area (TPSA) is 26.5 Å². The molecule has 0 aliphatic rings. The molecule has 0 unspecified atom stereocenters. The van der Waals surface area contributed by atoms with Crippen molar-refractivity contribution in [2.45, 2.75) is 19.6 Å². The lowest BCUT2D eigenvalue weighted by Crippen LogP contribution is -2.22. The third kappa shape index (κ3) is 5.60. The van der Waals surface area contributed by atoms with Crippen molar-refractivity contribution in [3.05, 3.63) is 0 Å². The molecule has 2 nitrogen and oxygen atoms in total. The lowest BCUT2D eigenvalue weighted by Gasteiger charge is -1.94. The molecule has 0 amide bonds. The van der Waals surface area contributed by atoms with Crippen molar-refractivity contribution < 1.29 is 4.79 Å². The van der Waals surface area contributed by atoms with E-state index in [-0.39, 0.29) is 0 Å². The van der Waals surface area contributed by atoms with Crippen LogP contribution in [0.1, 0.15) is 0 Å². The summed E-state index contributed by atoms with van der Waals surface area (Å²) in [5, 5.41) is 3.63. The van der Waals surface area contributed by atoms with Crippen molar-refractivity contribution >= 4 is 13.9 Å². The van der Waals surface area contributed by atoms with Gasteiger partial charge in [-0.25, -0.2) is 0 Å². The van der Waals surface area contributed by atoms with E-state index in [0.29, 0.717) is 0 Å². The number of hydrogen-bond acceptors (Lipinski definition) is 1. The highest BCUT2D eigenvalue weighted by atomic mass is 28.3. The van der Waals surface area contributed by atoms with E-state index in [4.69, 9.17) is 0 Å². The van der Waals surface area contributed by atoms with Gasteiger partial charge in [0, 0.05) is 4.79 Å². The Hall–Kier alpha value is -0.403. The average molecular weight is 129 g/mol. The predicted molar refractivity (Wildman–Crippen MR) is 38.0 cm³/mol. The van der Waals surface area contributed by atoms with Gasteiger partial charge in [0.1, 0.15) is 7.05 Å². The Balaban J connectivity index is 3.89. The fraction of sp³-hybridized carbons (Fsp3) is 0.800. The molecule has 0 radical (unpaired) electrons. The Labute approximate surface area is 51.4 Å². The minimum absolute atomic E-state index is 1.06. The standard InChI is InChI=1S/C5H13N2Si/c1-6-7-5-8(2,3)4/h5H,1-4H3/q+1. The van der Waals surface area contributed by atoms with Crippen molar-refractivity contribution in [1.29, 1.82) is 0 Å². The van der Waals surface area contributed by atoms with E-state index in [1.165, 1.54) is 0 Å². The lowest BCUT2D eigenvalue weighted by atomic mass is 11.5. The maximum atomic E-state index is 3.80. The highest BCUT2D eigenvalue weighted by Crippen LogP contribution is 1.91. The molecule has 3 heteroatoms. The fourth-order valence-corrected chi connectivity index (χ4v) is 0.693. The van der Waals surface area contributed by atoms with E-state index >= 15 is 0 Å². The Morgan fingerprint density at radius 3 is 2.00 bits per heavy atom. The molecule has 0 aromatic carbocycles. The van der Waals surface area contributed by atoms with Crippen LogP contribution in [0.2, 0.25) is 19.6 Å². The summed E-state index contributed by atoms with van der Waals surface area (Å²) in [6.45, 7) is 6.67. The molecule has 46 valence electrons. The first-order chi connectivity index (χ1) is 3.56. The smallest absolute Gasteiger partial charge is 0.0593 e. The maximum absolute atomic E-state index is 3.80. The van der Waals surface area contributed by atoms with Crippen LogP contribution >= 0.6 is 0 Å². The van der Waals surface area contributed by atoms with E-state index < -0.39 is 8.07 Å². The molecule has 0 bridgehead atoms. The third-order valence-electron chi connectivity index (χ3n) is 0.561. The van der Waals surface area contributed by atoms with Gasteiger partial charge in [-0.05, 0) is 0 Å². The van der Waals surface area contributed by atoms with Crippen molar-refractivity contribution in [2.75, 3.05) is 7.05 Å². The summed E-state index contributed by atoms with van der Waals surface area (Å²) in [6.07, 6.45) is 0. The lowest BCUT2D eigenvalue weighted by molar-refractivity contribution is -0.0746. The normalized spacial score (nSPS) is 10.0. The second-order valence-electron chi connectivity index (χ2n) is 2.81. The molecule has 0 aliphatic heterocycles. The summed E-state index contributed by atoms with van der Waals surface area (Å²) < 4.78 is 0. The van der Waals surface area contributed by atoms with Gasteiger partial charge in [-0.15, -0.1) is 0 Å². The van der Waals surface area contributed by atoms with Gasteiger partial charge in [0.25, 0.3) is 5.84 Å². The van der Waals surface area contributed by atoms with Gasteiger partial charge in [-0.1, -0.05) is 19.6 Å². The molecule has 0 saturated heterocycles. The van der Waals surface area contributed by atoms with Crippen LogP contribution < -0.4 is 0 Å². The van der Waals surface area contributed by atoms with Gasteiger partial charge in [0.05, 0.1) is 5.11 Å². The van der Waals surface area contributed by atoms with Crippen LogP contribution in [0.5, 0.6) is 0 Å². The third-order valence-corrected chi connectivity index (χ3v) is 1.45. The van der Waals surface area contributed by atoms with Crippen molar-refractivity contribution in [3.8, 4) is 0 Å². The van der Waals surface area contributed by atoms with E-state index in [0.717, 1.165) is 0 Å². The first-order valence-electron chi connectivity index (χ1n) is 2.69. The van der Waals surface area contributed by atoms with Crippen LogP contribution in [0.4, 0.5) is 0 Å². The molecule has 0 N–H and O–H groups in total. The number of nitrogens with zero attached hydrogens (tertiary/aromatic N) is 2. The van der Waals surface area contributed by atoms with Crippen LogP contribution in [0, 0.1) is 0 Å². The van der Waals surface area contributed by atoms with Crippen LogP contribution in [0.25, 0.3) is 0 Å². The molecule has 0 heterocycles. The minimum atomic E-state index is -1.06. The van der Waals surface area contributed by atoms with Crippen LogP contribution in [-0.2, 0) is 0 Å². The number of rotatable bonds is 1. The highest BCUT2D eigenvalue weighted by Gasteiger charge is 2.16. The van der Waals surface area contributed by atoms with E-state index in [1.807, 2.05) is 5.84 Å². The molecular weight excluding hydrogens is 116 g/mol. The zero-order chi connectivity index (χ0) is 6.62. The van der Waals surface area contributed by atoms with Gasteiger partial charge in [0.2, 0.25) is 0 Å². The zero-order valence-electron chi connectivity index (χ0n) is 5.97. The van der Waals surface area contributed by atoms with Crippen molar-refractivity contribution in [1.82, 2.24) is 0 Å². The van der Waals surface area contributed by atoms with Crippen LogP contribution in [0.3, 0.4) is 0 Å². The quantitative estimate of drug-likeness (QED) is 0.220. The largest absolute Gasteiger partial charge is 0.274 e. The molecule has 0 fully saturated rings. The summed E-state index contributed by atoms with van der Waals surface area (Å²) in [4.78, 5) is 3.80. The van der Waals surface area contributed by atoms with Gasteiger partial charge in [-0.2, -0.15) is 0 Å². The molecule has 8 heavy (non-hydrogen) atoms. The molecule has 0 aromatic rings. The summed E-state index contributed by atoms with van der Waals surface area (Å²) in [6, 6.07) is 0. The fourth-order valence-electron chi connectivity index (χ4n) is 0.231. The van der Waals surface area contributed by atoms with Crippen LogP contribution in [-0.4, -0.2) is 25.7 Å². The monoisotopic (exact) mass is 129 g/mol. The minimum Gasteiger partial charge on any atom is -0.0593 e. The molecular formula is C5H13N2Si+. The van der Waals surface area contributed by atoms with E-state index in [1.54, 1.807) is 7.05 Å². The van der Waals surface area contributed by atoms with E-state index in [2.05, 4.69) is 29.5 Å². The Morgan fingerprint density at radius 1 is 1.38 bits per heavy atom. The van der Waals surface area contributed by atoms with Crippen molar-refractivity contribution in [2.24, 2.45) is 5.11 Å². The first kappa shape index (κ1) is 7.60. The number of hydrogen-bond donors (Lipinski definition) is 0. The van der Waals surface area contributed by atoms with E-state index in [9.17, 15) is 0 Å². The molecule has 0 saturated carbocycles. The molecule has 0 aromatic heterocycles. The first-order valence-corrected chi connectivity index (χ1v) is 6.27. The summed E-state index contributed by atoms with van der Waals surface area (Å²) >= 11 is 0. The SMILES string of the molecule is CN=[N+]=C[Si](C)(C)C. The Kier molecular flexibility index (Phi) is 2.66. The Bertz CT molecular complexity index is 117. The summed E-state index contributed by atoms with van der Waals surface area (Å²) in [5.41, 5.74) is 0.